The number of hydrogen-bond donors (Lipinski definition) is 1. The van der Waals surface area contributed by atoms with Crippen molar-refractivity contribution in [3.05, 3.63) is 35.4 Å². The number of aryl methyl sites for hydroxylation is 1. The average molecular weight is 215 g/mol. The van der Waals surface area contributed by atoms with Gasteiger partial charge in [0.05, 0.1) is 0 Å². The van der Waals surface area contributed by atoms with Crippen LogP contribution >= 0.6 is 0 Å². The Morgan fingerprint density at radius 1 is 1.06 bits per heavy atom. The van der Waals surface area contributed by atoms with Crippen molar-refractivity contribution in [1.82, 2.24) is 5.32 Å². The Labute approximate surface area is 98.3 Å². The summed E-state index contributed by atoms with van der Waals surface area (Å²) in [5.41, 5.74) is 2.83. The fraction of sp³-hybridized carbons (Fsp3) is 0.600. The quantitative estimate of drug-likeness (QED) is 0.815. The maximum absolute atomic E-state index is 3.52. The summed E-state index contributed by atoms with van der Waals surface area (Å²) in [4.78, 5) is 0. The molecule has 1 aromatic carbocycles. The van der Waals surface area contributed by atoms with Gasteiger partial charge in [-0.1, -0.05) is 29.8 Å². The number of rotatable bonds is 3. The van der Waals surface area contributed by atoms with Gasteiger partial charge in [0.15, 0.2) is 0 Å². The van der Waals surface area contributed by atoms with E-state index in [1.165, 1.54) is 30.4 Å². The molecule has 2 fully saturated rings. The van der Waals surface area contributed by atoms with Crippen LogP contribution in [0.1, 0.15) is 36.4 Å². The fourth-order valence-corrected chi connectivity index (χ4v) is 3.48. The van der Waals surface area contributed by atoms with E-state index in [9.17, 15) is 0 Å². The van der Waals surface area contributed by atoms with Gasteiger partial charge in [-0.05, 0) is 56.6 Å². The third-order valence-corrected chi connectivity index (χ3v) is 4.50. The molecule has 3 atom stereocenters. The molecule has 3 unspecified atom stereocenters. The van der Waals surface area contributed by atoms with Gasteiger partial charge in [-0.25, -0.2) is 0 Å². The SMILES string of the molecule is CNC(c1ccc(C)cc1)C1CC2CC2C1. The Hall–Kier alpha value is -0.820. The summed E-state index contributed by atoms with van der Waals surface area (Å²) in [7, 11) is 2.11. The number of fused-ring (bicyclic) bond motifs is 1. The molecule has 1 aromatic rings. The summed E-state index contributed by atoms with van der Waals surface area (Å²) in [6.07, 6.45) is 4.41. The van der Waals surface area contributed by atoms with Crippen molar-refractivity contribution in [2.75, 3.05) is 7.05 Å². The molecule has 1 heteroatoms. The number of benzene rings is 1. The minimum atomic E-state index is 0.577. The Bertz CT molecular complexity index is 358. The molecule has 16 heavy (non-hydrogen) atoms. The van der Waals surface area contributed by atoms with Crippen LogP contribution in [0.25, 0.3) is 0 Å². The predicted molar refractivity (Wildman–Crippen MR) is 67.3 cm³/mol. The van der Waals surface area contributed by atoms with E-state index >= 15 is 0 Å². The highest BCUT2D eigenvalue weighted by Crippen LogP contribution is 2.57. The fourth-order valence-electron chi connectivity index (χ4n) is 3.48. The normalized spacial score (nSPS) is 33.5. The van der Waals surface area contributed by atoms with Crippen LogP contribution in [0.3, 0.4) is 0 Å². The van der Waals surface area contributed by atoms with Crippen LogP contribution < -0.4 is 5.32 Å². The molecule has 0 bridgehead atoms. The zero-order valence-corrected chi connectivity index (χ0v) is 10.2. The minimum Gasteiger partial charge on any atom is -0.313 e. The van der Waals surface area contributed by atoms with E-state index < -0.39 is 0 Å². The van der Waals surface area contributed by atoms with Gasteiger partial charge in [0.2, 0.25) is 0 Å². The monoisotopic (exact) mass is 215 g/mol. The van der Waals surface area contributed by atoms with Crippen molar-refractivity contribution in [3.63, 3.8) is 0 Å². The highest BCUT2D eigenvalue weighted by molar-refractivity contribution is 5.25. The van der Waals surface area contributed by atoms with E-state index in [1.807, 2.05) is 0 Å². The molecule has 1 nitrogen and oxygen atoms in total. The maximum Gasteiger partial charge on any atom is 0.0346 e. The van der Waals surface area contributed by atoms with Gasteiger partial charge < -0.3 is 5.32 Å². The highest BCUT2D eigenvalue weighted by atomic mass is 14.9. The summed E-state index contributed by atoms with van der Waals surface area (Å²) in [6, 6.07) is 9.62. The van der Waals surface area contributed by atoms with Crippen LogP contribution in [0.5, 0.6) is 0 Å². The second-order valence-electron chi connectivity index (χ2n) is 5.66. The number of nitrogens with one attached hydrogen (secondary N) is 1. The largest absolute Gasteiger partial charge is 0.313 e. The number of hydrogen-bond acceptors (Lipinski definition) is 1. The molecule has 0 amide bonds. The molecular weight excluding hydrogens is 194 g/mol. The summed E-state index contributed by atoms with van der Waals surface area (Å²) in [5, 5.41) is 3.52. The molecule has 3 rings (SSSR count). The lowest BCUT2D eigenvalue weighted by Gasteiger charge is -2.25. The first-order chi connectivity index (χ1) is 7.78. The average Bonchev–Trinajstić information content (AvgIpc) is 2.90. The molecule has 0 spiro atoms. The van der Waals surface area contributed by atoms with Crippen molar-refractivity contribution in [3.8, 4) is 0 Å². The van der Waals surface area contributed by atoms with Gasteiger partial charge in [-0.3, -0.25) is 0 Å². The first-order valence-corrected chi connectivity index (χ1v) is 6.51. The van der Waals surface area contributed by atoms with E-state index in [2.05, 4.69) is 43.6 Å². The van der Waals surface area contributed by atoms with Crippen LogP contribution in [0.15, 0.2) is 24.3 Å². The molecule has 0 saturated heterocycles. The highest BCUT2D eigenvalue weighted by Gasteiger charge is 2.47. The summed E-state index contributed by atoms with van der Waals surface area (Å²) >= 11 is 0. The van der Waals surface area contributed by atoms with E-state index in [-0.39, 0.29) is 0 Å². The predicted octanol–water partition coefficient (Wildman–Crippen LogP) is 3.30. The minimum absolute atomic E-state index is 0.577. The zero-order valence-electron chi connectivity index (χ0n) is 10.2. The van der Waals surface area contributed by atoms with E-state index in [1.54, 1.807) is 0 Å². The van der Waals surface area contributed by atoms with Gasteiger partial charge in [0.25, 0.3) is 0 Å². The topological polar surface area (TPSA) is 12.0 Å². The second kappa shape index (κ2) is 3.89. The lowest BCUT2D eigenvalue weighted by molar-refractivity contribution is 0.359. The summed E-state index contributed by atoms with van der Waals surface area (Å²) in [5.74, 6) is 3.02. The van der Waals surface area contributed by atoms with Crippen LogP contribution in [0, 0.1) is 24.7 Å². The van der Waals surface area contributed by atoms with Crippen molar-refractivity contribution in [2.45, 2.75) is 32.2 Å². The molecule has 2 aliphatic rings. The van der Waals surface area contributed by atoms with Crippen LogP contribution in [-0.2, 0) is 0 Å². The first-order valence-electron chi connectivity index (χ1n) is 6.51. The van der Waals surface area contributed by atoms with Crippen LogP contribution in [-0.4, -0.2) is 7.05 Å². The zero-order chi connectivity index (χ0) is 11.1. The van der Waals surface area contributed by atoms with Crippen molar-refractivity contribution in [1.29, 1.82) is 0 Å². The van der Waals surface area contributed by atoms with Gasteiger partial charge in [0.1, 0.15) is 0 Å². The lowest BCUT2D eigenvalue weighted by atomic mass is 9.89. The maximum atomic E-state index is 3.52. The van der Waals surface area contributed by atoms with Gasteiger partial charge in [-0.15, -0.1) is 0 Å². The van der Waals surface area contributed by atoms with Crippen LogP contribution in [0.2, 0.25) is 0 Å². The van der Waals surface area contributed by atoms with Gasteiger partial charge >= 0.3 is 0 Å². The van der Waals surface area contributed by atoms with Crippen molar-refractivity contribution in [2.24, 2.45) is 17.8 Å². The smallest absolute Gasteiger partial charge is 0.0346 e. The molecule has 0 aliphatic heterocycles. The van der Waals surface area contributed by atoms with Gasteiger partial charge in [-0.2, -0.15) is 0 Å². The Morgan fingerprint density at radius 2 is 1.69 bits per heavy atom. The van der Waals surface area contributed by atoms with E-state index in [4.69, 9.17) is 0 Å². The second-order valence-corrected chi connectivity index (χ2v) is 5.66. The Kier molecular flexibility index (Phi) is 2.51. The van der Waals surface area contributed by atoms with Crippen molar-refractivity contribution >= 4 is 0 Å². The molecule has 2 aliphatic carbocycles. The standard InChI is InChI=1S/C15H21N/c1-10-3-5-11(6-4-10)15(16-2)14-8-12-7-13(12)9-14/h3-6,12-16H,7-9H2,1-2H3. The Morgan fingerprint density at radius 3 is 2.25 bits per heavy atom. The van der Waals surface area contributed by atoms with Crippen LogP contribution in [0.4, 0.5) is 0 Å². The molecule has 1 N–H and O–H groups in total. The molecular formula is C15H21N. The molecule has 0 radical (unpaired) electrons. The lowest BCUT2D eigenvalue weighted by Crippen LogP contribution is -2.24. The molecule has 0 heterocycles. The Balaban J connectivity index is 1.77. The van der Waals surface area contributed by atoms with E-state index in [0.29, 0.717) is 6.04 Å². The van der Waals surface area contributed by atoms with E-state index in [0.717, 1.165) is 17.8 Å². The summed E-state index contributed by atoms with van der Waals surface area (Å²) < 4.78 is 0. The van der Waals surface area contributed by atoms with Crippen molar-refractivity contribution < 1.29 is 0 Å². The third-order valence-electron chi connectivity index (χ3n) is 4.50. The molecule has 0 aromatic heterocycles. The summed E-state index contributed by atoms with van der Waals surface area (Å²) in [6.45, 7) is 2.16. The molecule has 86 valence electrons. The molecule has 2 saturated carbocycles. The van der Waals surface area contributed by atoms with Gasteiger partial charge in [0, 0.05) is 6.04 Å². The first kappa shape index (κ1) is 10.3. The third kappa shape index (κ3) is 1.78.